The van der Waals surface area contributed by atoms with Crippen LogP contribution in [-0.2, 0) is 15.0 Å². The van der Waals surface area contributed by atoms with Gasteiger partial charge in [-0.05, 0) is 36.5 Å². The summed E-state index contributed by atoms with van der Waals surface area (Å²) in [5, 5.41) is 5.91. The normalized spacial score (nSPS) is 15.8. The maximum absolute atomic E-state index is 12.8. The fourth-order valence-electron chi connectivity index (χ4n) is 3.74. The first kappa shape index (κ1) is 20.9. The third kappa shape index (κ3) is 5.37. The fraction of sp³-hybridized carbons (Fsp3) is 0.417. The van der Waals surface area contributed by atoms with Crippen molar-refractivity contribution in [3.8, 4) is 5.75 Å². The predicted molar refractivity (Wildman–Crippen MR) is 114 cm³/mol. The predicted octanol–water partition coefficient (Wildman–Crippen LogP) is 3.44. The number of para-hydroxylation sites is 1. The minimum absolute atomic E-state index is 0.0128. The van der Waals surface area contributed by atoms with E-state index < -0.39 is 6.04 Å². The Kier molecular flexibility index (Phi) is 6.91. The van der Waals surface area contributed by atoms with E-state index in [0.29, 0.717) is 12.3 Å². The van der Waals surface area contributed by atoms with E-state index in [2.05, 4.69) is 22.8 Å². The van der Waals surface area contributed by atoms with E-state index in [1.165, 1.54) is 12.0 Å². The molecule has 1 fully saturated rings. The smallest absolute Gasteiger partial charge is 0.258 e. The Morgan fingerprint density at radius 2 is 1.62 bits per heavy atom. The first-order valence-electron chi connectivity index (χ1n) is 10.3. The molecule has 0 aromatic heterocycles. The minimum Gasteiger partial charge on any atom is -0.484 e. The highest BCUT2D eigenvalue weighted by Crippen LogP contribution is 2.43. The van der Waals surface area contributed by atoms with Gasteiger partial charge in [-0.3, -0.25) is 9.59 Å². The summed E-state index contributed by atoms with van der Waals surface area (Å²) in [4.78, 5) is 25.2. The molecule has 1 saturated carbocycles. The monoisotopic (exact) mass is 394 g/mol. The van der Waals surface area contributed by atoms with Crippen LogP contribution in [0.15, 0.2) is 60.7 Å². The van der Waals surface area contributed by atoms with E-state index in [1.54, 1.807) is 12.1 Å². The van der Waals surface area contributed by atoms with Gasteiger partial charge in [0.25, 0.3) is 5.91 Å². The number of nitrogens with one attached hydrogen (secondary N) is 2. The molecule has 2 N–H and O–H groups in total. The van der Waals surface area contributed by atoms with Crippen LogP contribution >= 0.6 is 0 Å². The fourth-order valence-corrected chi connectivity index (χ4v) is 3.74. The van der Waals surface area contributed by atoms with E-state index >= 15 is 0 Å². The van der Waals surface area contributed by atoms with Gasteiger partial charge in [-0.2, -0.15) is 0 Å². The zero-order chi connectivity index (χ0) is 20.7. The molecule has 2 aromatic carbocycles. The summed E-state index contributed by atoms with van der Waals surface area (Å²) in [5.41, 5.74) is 1.28. The molecule has 0 saturated heterocycles. The van der Waals surface area contributed by atoms with E-state index in [4.69, 9.17) is 4.74 Å². The first-order chi connectivity index (χ1) is 14.0. The van der Waals surface area contributed by atoms with Crippen LogP contribution in [0.5, 0.6) is 5.75 Å². The molecule has 5 heteroatoms. The van der Waals surface area contributed by atoms with Gasteiger partial charge < -0.3 is 15.4 Å². The van der Waals surface area contributed by atoms with Crippen LogP contribution in [0.25, 0.3) is 0 Å². The van der Waals surface area contributed by atoms with Crippen LogP contribution in [0.2, 0.25) is 0 Å². The highest BCUT2D eigenvalue weighted by atomic mass is 16.5. The minimum atomic E-state index is -0.588. The lowest BCUT2D eigenvalue weighted by Crippen LogP contribution is -2.54. The Labute approximate surface area is 172 Å². The Balaban J connectivity index is 1.54. The van der Waals surface area contributed by atoms with Crippen molar-refractivity contribution in [1.29, 1.82) is 0 Å². The molecule has 0 heterocycles. The molecule has 1 aliphatic rings. The summed E-state index contributed by atoms with van der Waals surface area (Å²) in [6.45, 7) is 4.34. The molecule has 5 nitrogen and oxygen atoms in total. The Morgan fingerprint density at radius 3 is 2.17 bits per heavy atom. The van der Waals surface area contributed by atoms with Crippen LogP contribution in [-0.4, -0.2) is 31.0 Å². The van der Waals surface area contributed by atoms with Crippen LogP contribution in [0.1, 0.15) is 38.7 Å². The van der Waals surface area contributed by atoms with Gasteiger partial charge in [-0.1, -0.05) is 68.8 Å². The molecule has 0 bridgehead atoms. The van der Waals surface area contributed by atoms with Gasteiger partial charge in [0.15, 0.2) is 6.61 Å². The van der Waals surface area contributed by atoms with Crippen LogP contribution in [0, 0.1) is 5.92 Å². The topological polar surface area (TPSA) is 67.4 Å². The van der Waals surface area contributed by atoms with Crippen molar-refractivity contribution in [2.75, 3.05) is 13.2 Å². The molecule has 154 valence electrons. The molecule has 29 heavy (non-hydrogen) atoms. The molecule has 3 rings (SSSR count). The number of hydrogen-bond donors (Lipinski definition) is 2. The van der Waals surface area contributed by atoms with E-state index in [9.17, 15) is 9.59 Å². The number of carbonyl (C=O) groups is 2. The first-order valence-corrected chi connectivity index (χ1v) is 10.3. The van der Waals surface area contributed by atoms with Gasteiger partial charge in [0.1, 0.15) is 11.8 Å². The van der Waals surface area contributed by atoms with Crippen molar-refractivity contribution in [2.24, 2.45) is 5.92 Å². The standard InChI is InChI=1S/C24H30N2O3/c1-18(2)22(26-21(27)16-29-20-12-7-4-8-13-20)23(28)25-17-24(14-9-15-24)19-10-5-3-6-11-19/h3-8,10-13,18,22H,9,14-17H2,1-2H3,(H,25,28)(H,26,27). The van der Waals surface area contributed by atoms with Crippen molar-refractivity contribution >= 4 is 11.8 Å². The van der Waals surface area contributed by atoms with Crippen LogP contribution in [0.4, 0.5) is 0 Å². The lowest BCUT2D eigenvalue weighted by molar-refractivity contribution is -0.131. The third-order valence-electron chi connectivity index (χ3n) is 5.68. The average Bonchev–Trinajstić information content (AvgIpc) is 2.71. The molecule has 1 atom stereocenters. The summed E-state index contributed by atoms with van der Waals surface area (Å²) in [7, 11) is 0. The van der Waals surface area contributed by atoms with Gasteiger partial charge in [0, 0.05) is 12.0 Å². The quantitative estimate of drug-likeness (QED) is 0.685. The number of amides is 2. The zero-order valence-electron chi connectivity index (χ0n) is 17.2. The molecule has 2 aromatic rings. The molecular weight excluding hydrogens is 364 g/mol. The zero-order valence-corrected chi connectivity index (χ0v) is 17.2. The van der Waals surface area contributed by atoms with Gasteiger partial charge in [0.2, 0.25) is 5.91 Å². The summed E-state index contributed by atoms with van der Waals surface area (Å²) in [6.07, 6.45) is 3.31. The molecular formula is C24H30N2O3. The summed E-state index contributed by atoms with van der Waals surface area (Å²) < 4.78 is 5.48. The summed E-state index contributed by atoms with van der Waals surface area (Å²) in [5.74, 6) is 0.159. The maximum atomic E-state index is 12.8. The van der Waals surface area contributed by atoms with Crippen molar-refractivity contribution in [1.82, 2.24) is 10.6 Å². The second-order valence-electron chi connectivity index (χ2n) is 8.11. The molecule has 1 aliphatic carbocycles. The third-order valence-corrected chi connectivity index (χ3v) is 5.68. The SMILES string of the molecule is CC(C)C(NC(=O)COc1ccccc1)C(=O)NCC1(c2ccccc2)CCC1. The van der Waals surface area contributed by atoms with Crippen molar-refractivity contribution in [2.45, 2.75) is 44.6 Å². The molecule has 1 unspecified atom stereocenters. The Hall–Kier alpha value is -2.82. The van der Waals surface area contributed by atoms with Gasteiger partial charge >= 0.3 is 0 Å². The Morgan fingerprint density at radius 1 is 1.00 bits per heavy atom. The number of hydrogen-bond acceptors (Lipinski definition) is 3. The van der Waals surface area contributed by atoms with Crippen LogP contribution in [0.3, 0.4) is 0 Å². The van der Waals surface area contributed by atoms with Crippen molar-refractivity contribution in [3.05, 3.63) is 66.2 Å². The second kappa shape index (κ2) is 9.59. The maximum Gasteiger partial charge on any atom is 0.258 e. The number of carbonyl (C=O) groups excluding carboxylic acids is 2. The van der Waals surface area contributed by atoms with Gasteiger partial charge in [0.05, 0.1) is 0 Å². The molecule has 2 amide bonds. The average molecular weight is 395 g/mol. The van der Waals surface area contributed by atoms with Crippen LogP contribution < -0.4 is 15.4 Å². The van der Waals surface area contributed by atoms with E-state index in [1.807, 2.05) is 50.2 Å². The van der Waals surface area contributed by atoms with Crippen molar-refractivity contribution in [3.63, 3.8) is 0 Å². The summed E-state index contributed by atoms with van der Waals surface area (Å²) in [6, 6.07) is 18.9. The molecule has 0 aliphatic heterocycles. The number of rotatable bonds is 9. The van der Waals surface area contributed by atoms with E-state index in [-0.39, 0.29) is 29.8 Å². The lowest BCUT2D eigenvalue weighted by atomic mass is 9.64. The number of ether oxygens (including phenoxy) is 1. The van der Waals surface area contributed by atoms with Gasteiger partial charge in [-0.25, -0.2) is 0 Å². The van der Waals surface area contributed by atoms with Crippen molar-refractivity contribution < 1.29 is 14.3 Å². The second-order valence-corrected chi connectivity index (χ2v) is 8.11. The summed E-state index contributed by atoms with van der Waals surface area (Å²) >= 11 is 0. The largest absolute Gasteiger partial charge is 0.484 e. The molecule has 0 spiro atoms. The van der Waals surface area contributed by atoms with E-state index in [0.717, 1.165) is 12.8 Å². The number of benzene rings is 2. The highest BCUT2D eigenvalue weighted by molar-refractivity contribution is 5.88. The molecule has 0 radical (unpaired) electrons. The lowest BCUT2D eigenvalue weighted by Gasteiger charge is -2.43. The Bertz CT molecular complexity index is 801. The highest BCUT2D eigenvalue weighted by Gasteiger charge is 2.39. The van der Waals surface area contributed by atoms with Gasteiger partial charge in [-0.15, -0.1) is 0 Å².